The summed E-state index contributed by atoms with van der Waals surface area (Å²) in [6, 6.07) is 15.0. The second kappa shape index (κ2) is 7.44. The number of halogens is 1. The first-order valence-corrected chi connectivity index (χ1v) is 9.43. The Labute approximate surface area is 171 Å². The van der Waals surface area contributed by atoms with Crippen LogP contribution in [0.25, 0.3) is 10.9 Å². The van der Waals surface area contributed by atoms with Crippen LogP contribution in [-0.2, 0) is 0 Å². The molecule has 8 heteroatoms. The van der Waals surface area contributed by atoms with E-state index in [0.29, 0.717) is 35.8 Å². The first-order valence-electron chi connectivity index (χ1n) is 9.05. The van der Waals surface area contributed by atoms with Crippen LogP contribution in [0.5, 0.6) is 11.5 Å². The van der Waals surface area contributed by atoms with Crippen LogP contribution in [0.15, 0.2) is 60.9 Å². The number of hydrogen-bond donors (Lipinski definition) is 2. The summed E-state index contributed by atoms with van der Waals surface area (Å²) < 4.78 is 11.2. The Kier molecular flexibility index (Phi) is 4.50. The molecule has 3 heterocycles. The van der Waals surface area contributed by atoms with E-state index in [2.05, 4.69) is 25.6 Å². The fourth-order valence-electron chi connectivity index (χ4n) is 3.06. The molecule has 0 saturated carbocycles. The van der Waals surface area contributed by atoms with Gasteiger partial charge in [-0.05, 0) is 42.5 Å². The fraction of sp³-hybridized carbons (Fsp3) is 0.0952. The lowest BCUT2D eigenvalue weighted by atomic mass is 10.2. The van der Waals surface area contributed by atoms with Crippen LogP contribution in [0.2, 0.25) is 5.02 Å². The van der Waals surface area contributed by atoms with Crippen LogP contribution in [-0.4, -0.2) is 28.2 Å². The molecule has 0 unspecified atom stereocenters. The van der Waals surface area contributed by atoms with E-state index >= 15 is 0 Å². The van der Waals surface area contributed by atoms with Gasteiger partial charge in [-0.3, -0.25) is 4.98 Å². The number of pyridine rings is 1. The smallest absolute Gasteiger partial charge is 0.229 e. The zero-order chi connectivity index (χ0) is 19.6. The maximum Gasteiger partial charge on any atom is 0.229 e. The molecule has 144 valence electrons. The van der Waals surface area contributed by atoms with E-state index < -0.39 is 0 Å². The predicted octanol–water partition coefficient (Wildman–Crippen LogP) is 4.94. The minimum absolute atomic E-state index is 0.462. The number of rotatable bonds is 4. The topological polar surface area (TPSA) is 81.2 Å². The number of nitrogens with zero attached hydrogens (tertiary/aromatic N) is 3. The average molecular weight is 406 g/mol. The quantitative estimate of drug-likeness (QED) is 0.497. The molecule has 0 aliphatic carbocycles. The summed E-state index contributed by atoms with van der Waals surface area (Å²) in [5.74, 6) is 2.55. The summed E-state index contributed by atoms with van der Waals surface area (Å²) in [6.07, 6.45) is 3.44. The lowest BCUT2D eigenvalue weighted by Gasteiger charge is -2.19. The van der Waals surface area contributed by atoms with Crippen molar-refractivity contribution in [3.8, 4) is 11.5 Å². The molecule has 2 aromatic heterocycles. The van der Waals surface area contributed by atoms with Crippen molar-refractivity contribution in [2.75, 3.05) is 23.8 Å². The number of hydrogen-bond acceptors (Lipinski definition) is 7. The van der Waals surface area contributed by atoms with E-state index in [1.807, 2.05) is 42.5 Å². The Balaban J connectivity index is 1.36. The third kappa shape index (κ3) is 3.86. The van der Waals surface area contributed by atoms with E-state index in [9.17, 15) is 0 Å². The van der Waals surface area contributed by atoms with E-state index in [1.54, 1.807) is 18.5 Å². The van der Waals surface area contributed by atoms with Crippen molar-refractivity contribution in [1.29, 1.82) is 0 Å². The van der Waals surface area contributed by atoms with E-state index in [0.717, 1.165) is 28.0 Å². The molecule has 0 radical (unpaired) electrons. The van der Waals surface area contributed by atoms with Crippen molar-refractivity contribution >= 4 is 45.6 Å². The summed E-state index contributed by atoms with van der Waals surface area (Å²) in [5.41, 5.74) is 2.50. The minimum Gasteiger partial charge on any atom is -0.486 e. The molecule has 0 saturated heterocycles. The minimum atomic E-state index is 0.462. The Bertz CT molecular complexity index is 1200. The van der Waals surface area contributed by atoms with Gasteiger partial charge in [-0.2, -0.15) is 4.98 Å². The van der Waals surface area contributed by atoms with Gasteiger partial charge in [0.1, 0.15) is 19.0 Å². The zero-order valence-electron chi connectivity index (χ0n) is 15.2. The fourth-order valence-corrected chi connectivity index (χ4v) is 3.24. The molecule has 0 amide bonds. The maximum absolute atomic E-state index is 6.08. The van der Waals surface area contributed by atoms with Crippen LogP contribution in [0, 0.1) is 0 Å². The molecule has 29 heavy (non-hydrogen) atoms. The molecule has 0 bridgehead atoms. The monoisotopic (exact) mass is 405 g/mol. The number of fused-ring (bicyclic) bond motifs is 2. The van der Waals surface area contributed by atoms with Crippen molar-refractivity contribution in [1.82, 2.24) is 15.0 Å². The van der Waals surface area contributed by atoms with Crippen molar-refractivity contribution in [2.45, 2.75) is 0 Å². The van der Waals surface area contributed by atoms with Crippen LogP contribution < -0.4 is 20.1 Å². The number of benzene rings is 2. The molecule has 1 aliphatic heterocycles. The maximum atomic E-state index is 6.08. The van der Waals surface area contributed by atoms with Gasteiger partial charge in [-0.1, -0.05) is 11.6 Å². The third-order valence-electron chi connectivity index (χ3n) is 4.37. The lowest BCUT2D eigenvalue weighted by Crippen LogP contribution is -2.15. The highest BCUT2D eigenvalue weighted by Gasteiger charge is 2.12. The molecule has 5 rings (SSSR count). The predicted molar refractivity (Wildman–Crippen MR) is 113 cm³/mol. The largest absolute Gasteiger partial charge is 0.486 e. The van der Waals surface area contributed by atoms with Crippen LogP contribution in [0.4, 0.5) is 23.1 Å². The Morgan fingerprint density at radius 1 is 0.828 bits per heavy atom. The van der Waals surface area contributed by atoms with Crippen LogP contribution in [0.3, 0.4) is 0 Å². The number of nitrogens with one attached hydrogen (secondary N) is 2. The van der Waals surface area contributed by atoms with Crippen molar-refractivity contribution in [3.05, 3.63) is 65.9 Å². The molecule has 4 aromatic rings. The summed E-state index contributed by atoms with van der Waals surface area (Å²) >= 11 is 6.08. The Morgan fingerprint density at radius 2 is 1.72 bits per heavy atom. The normalized spacial score (nSPS) is 12.6. The van der Waals surface area contributed by atoms with Gasteiger partial charge in [-0.25, -0.2) is 4.98 Å². The van der Waals surface area contributed by atoms with Gasteiger partial charge in [0, 0.05) is 28.4 Å². The van der Waals surface area contributed by atoms with Gasteiger partial charge in [0.15, 0.2) is 11.5 Å². The van der Waals surface area contributed by atoms with E-state index in [4.69, 9.17) is 21.1 Å². The summed E-state index contributed by atoms with van der Waals surface area (Å²) in [7, 11) is 0. The molecule has 2 N–H and O–H groups in total. The Hall–Kier alpha value is -3.58. The summed E-state index contributed by atoms with van der Waals surface area (Å²) in [6.45, 7) is 1.10. The molecular weight excluding hydrogens is 390 g/mol. The standard InChI is InChI=1S/C21H16ClN5O2/c22-14-1-3-17-13(9-14)10-16(12-24-17)25-20-5-6-23-21(27-20)26-15-2-4-18-19(11-15)29-8-7-28-18/h1-6,9-12H,7-8H2,(H2,23,25,26,27). The highest BCUT2D eigenvalue weighted by Crippen LogP contribution is 2.33. The van der Waals surface area contributed by atoms with E-state index in [1.165, 1.54) is 0 Å². The zero-order valence-corrected chi connectivity index (χ0v) is 16.0. The summed E-state index contributed by atoms with van der Waals surface area (Å²) in [5, 5.41) is 8.06. The molecule has 0 atom stereocenters. The molecule has 7 nitrogen and oxygen atoms in total. The average Bonchev–Trinajstić information content (AvgIpc) is 2.74. The van der Waals surface area contributed by atoms with Crippen molar-refractivity contribution < 1.29 is 9.47 Å². The number of ether oxygens (including phenoxy) is 2. The van der Waals surface area contributed by atoms with Gasteiger partial charge >= 0.3 is 0 Å². The highest BCUT2D eigenvalue weighted by atomic mass is 35.5. The summed E-state index contributed by atoms with van der Waals surface area (Å²) in [4.78, 5) is 13.2. The van der Waals surface area contributed by atoms with Crippen molar-refractivity contribution in [2.24, 2.45) is 0 Å². The number of aromatic nitrogens is 3. The van der Waals surface area contributed by atoms with Gasteiger partial charge in [0.25, 0.3) is 0 Å². The molecule has 2 aromatic carbocycles. The third-order valence-corrected chi connectivity index (χ3v) is 4.60. The van der Waals surface area contributed by atoms with Gasteiger partial charge in [-0.15, -0.1) is 0 Å². The molecule has 0 spiro atoms. The van der Waals surface area contributed by atoms with Crippen LogP contribution >= 0.6 is 11.6 Å². The van der Waals surface area contributed by atoms with E-state index in [-0.39, 0.29) is 0 Å². The molecule has 0 fully saturated rings. The first kappa shape index (κ1) is 17.5. The SMILES string of the molecule is Clc1ccc2ncc(Nc3ccnc(Nc4ccc5c(c4)OCCO5)n3)cc2c1. The van der Waals surface area contributed by atoms with Crippen molar-refractivity contribution in [3.63, 3.8) is 0 Å². The molecular formula is C21H16ClN5O2. The Morgan fingerprint density at radius 3 is 2.66 bits per heavy atom. The molecule has 1 aliphatic rings. The first-order chi connectivity index (χ1) is 14.2. The number of anilines is 4. The van der Waals surface area contributed by atoms with Gasteiger partial charge in [0.05, 0.1) is 17.4 Å². The van der Waals surface area contributed by atoms with Crippen LogP contribution in [0.1, 0.15) is 0 Å². The van der Waals surface area contributed by atoms with Gasteiger partial charge in [0.2, 0.25) is 5.95 Å². The second-order valence-electron chi connectivity index (χ2n) is 6.43. The second-order valence-corrected chi connectivity index (χ2v) is 6.87. The lowest BCUT2D eigenvalue weighted by molar-refractivity contribution is 0.171. The highest BCUT2D eigenvalue weighted by molar-refractivity contribution is 6.31. The van der Waals surface area contributed by atoms with Gasteiger partial charge < -0.3 is 20.1 Å².